The molecule has 1 fully saturated rings. The van der Waals surface area contributed by atoms with Crippen LogP contribution in [0.2, 0.25) is 0 Å². The fourth-order valence-electron chi connectivity index (χ4n) is 0.767. The van der Waals surface area contributed by atoms with Crippen LogP contribution in [-0.4, -0.2) is 40.6 Å². The van der Waals surface area contributed by atoms with E-state index in [1.54, 1.807) is 0 Å². The maximum absolute atomic E-state index is 11.2. The van der Waals surface area contributed by atoms with E-state index < -0.39 is 18.1 Å². The molecular formula is C6H10N2O3S2. The molecule has 0 bridgehead atoms. The quantitative estimate of drug-likeness (QED) is 0.507. The molecular weight excluding hydrogens is 212 g/mol. The Labute approximate surface area is 83.2 Å². The van der Waals surface area contributed by atoms with Gasteiger partial charge in [-0.2, -0.15) is 0 Å². The normalized spacial score (nSPS) is 30.1. The highest BCUT2D eigenvalue weighted by Gasteiger charge is 2.25. The van der Waals surface area contributed by atoms with E-state index in [4.69, 9.17) is 10.8 Å². The van der Waals surface area contributed by atoms with Crippen molar-refractivity contribution < 1.29 is 14.7 Å². The molecule has 0 aromatic rings. The van der Waals surface area contributed by atoms with Crippen LogP contribution >= 0.6 is 21.6 Å². The van der Waals surface area contributed by atoms with Crippen LogP contribution < -0.4 is 11.1 Å². The highest BCUT2D eigenvalue weighted by molar-refractivity contribution is 8.76. The molecule has 74 valence electrons. The lowest BCUT2D eigenvalue weighted by molar-refractivity contribution is -0.141. The summed E-state index contributed by atoms with van der Waals surface area (Å²) in [5.74, 6) is -0.517. The van der Waals surface area contributed by atoms with Gasteiger partial charge in [0, 0.05) is 11.5 Å². The maximum Gasteiger partial charge on any atom is 0.327 e. The number of hydrogen-bond acceptors (Lipinski definition) is 5. The zero-order chi connectivity index (χ0) is 9.84. The van der Waals surface area contributed by atoms with Crippen LogP contribution in [0.3, 0.4) is 0 Å². The first kappa shape index (κ1) is 10.7. The molecule has 1 saturated heterocycles. The van der Waals surface area contributed by atoms with Crippen molar-refractivity contribution in [3.05, 3.63) is 0 Å². The van der Waals surface area contributed by atoms with Crippen LogP contribution in [0.25, 0.3) is 0 Å². The zero-order valence-electron chi connectivity index (χ0n) is 6.73. The van der Waals surface area contributed by atoms with Crippen molar-refractivity contribution in [1.82, 2.24) is 5.32 Å². The lowest BCUT2D eigenvalue weighted by Gasteiger charge is -2.20. The Balaban J connectivity index is 2.58. The Bertz CT molecular complexity index is 224. The number of carboxylic acid groups (broad SMARTS) is 1. The van der Waals surface area contributed by atoms with Crippen molar-refractivity contribution in [2.24, 2.45) is 5.73 Å². The van der Waals surface area contributed by atoms with Gasteiger partial charge in [0.1, 0.15) is 6.04 Å². The summed E-state index contributed by atoms with van der Waals surface area (Å²) in [4.78, 5) is 21.8. The first-order valence-electron chi connectivity index (χ1n) is 3.64. The topological polar surface area (TPSA) is 92.4 Å². The summed E-state index contributed by atoms with van der Waals surface area (Å²) < 4.78 is 0. The molecule has 0 aliphatic carbocycles. The van der Waals surface area contributed by atoms with E-state index in [1.165, 1.54) is 21.6 Å². The van der Waals surface area contributed by atoms with Crippen LogP contribution in [0.1, 0.15) is 0 Å². The van der Waals surface area contributed by atoms with Crippen molar-refractivity contribution in [3.63, 3.8) is 0 Å². The molecule has 1 heterocycles. The molecule has 1 rings (SSSR count). The fraction of sp³-hybridized carbons (Fsp3) is 0.667. The molecule has 1 aliphatic heterocycles. The lowest BCUT2D eigenvalue weighted by Crippen LogP contribution is -2.51. The molecule has 2 unspecified atom stereocenters. The van der Waals surface area contributed by atoms with Crippen molar-refractivity contribution in [1.29, 1.82) is 0 Å². The number of nitrogens with two attached hydrogens (primary N) is 1. The second-order valence-electron chi connectivity index (χ2n) is 2.57. The number of carbonyl (C=O) groups excluding carboxylic acids is 1. The Morgan fingerprint density at radius 3 is 2.77 bits per heavy atom. The minimum absolute atomic E-state index is 0.373. The van der Waals surface area contributed by atoms with Gasteiger partial charge in [0.05, 0.1) is 6.04 Å². The van der Waals surface area contributed by atoms with E-state index in [-0.39, 0.29) is 5.91 Å². The largest absolute Gasteiger partial charge is 0.480 e. The van der Waals surface area contributed by atoms with Gasteiger partial charge in [-0.05, 0) is 0 Å². The monoisotopic (exact) mass is 222 g/mol. The van der Waals surface area contributed by atoms with Crippen molar-refractivity contribution in [2.75, 3.05) is 11.5 Å². The number of carboxylic acids is 1. The van der Waals surface area contributed by atoms with Crippen molar-refractivity contribution >= 4 is 33.5 Å². The van der Waals surface area contributed by atoms with Crippen LogP contribution in [0.5, 0.6) is 0 Å². The van der Waals surface area contributed by atoms with Crippen LogP contribution in [-0.2, 0) is 9.59 Å². The van der Waals surface area contributed by atoms with Gasteiger partial charge in [0.25, 0.3) is 0 Å². The molecule has 2 atom stereocenters. The third-order valence-electron chi connectivity index (χ3n) is 1.52. The molecule has 13 heavy (non-hydrogen) atoms. The van der Waals surface area contributed by atoms with E-state index in [0.717, 1.165) is 0 Å². The van der Waals surface area contributed by atoms with Gasteiger partial charge in [-0.25, -0.2) is 4.79 Å². The summed E-state index contributed by atoms with van der Waals surface area (Å²) in [5, 5.41) is 11.1. The summed E-state index contributed by atoms with van der Waals surface area (Å²) in [5.41, 5.74) is 5.47. The number of hydrogen-bond donors (Lipinski definition) is 3. The standard InChI is InChI=1S/C6H10N2O3S2/c7-3-1-12-13-2-4(6(10)11)8-5(3)9/h3-4H,1-2,7H2,(H,8,9)(H,10,11). The van der Waals surface area contributed by atoms with E-state index >= 15 is 0 Å². The Morgan fingerprint density at radius 1 is 1.54 bits per heavy atom. The molecule has 7 heteroatoms. The molecule has 4 N–H and O–H groups in total. The molecule has 0 saturated carbocycles. The first-order valence-corrected chi connectivity index (χ1v) is 6.13. The molecule has 1 amide bonds. The zero-order valence-corrected chi connectivity index (χ0v) is 8.36. The van der Waals surface area contributed by atoms with Gasteiger partial charge in [-0.15, -0.1) is 0 Å². The molecule has 0 aromatic carbocycles. The Kier molecular flexibility index (Phi) is 3.89. The first-order chi connectivity index (χ1) is 6.11. The predicted molar refractivity (Wildman–Crippen MR) is 52.5 cm³/mol. The SMILES string of the molecule is NC1CSSCC(C(=O)O)NC1=O. The average Bonchev–Trinajstić information content (AvgIpc) is 2.06. The predicted octanol–water partition coefficient (Wildman–Crippen LogP) is -0.722. The maximum atomic E-state index is 11.2. The van der Waals surface area contributed by atoms with Gasteiger partial charge in [-0.1, -0.05) is 21.6 Å². The minimum Gasteiger partial charge on any atom is -0.480 e. The average molecular weight is 222 g/mol. The highest BCUT2D eigenvalue weighted by Crippen LogP contribution is 2.24. The van der Waals surface area contributed by atoms with Crippen molar-refractivity contribution in [3.8, 4) is 0 Å². The highest BCUT2D eigenvalue weighted by atomic mass is 33.1. The third kappa shape index (κ3) is 3.09. The summed E-state index contributed by atoms with van der Waals surface area (Å²) in [6.45, 7) is 0. The molecule has 1 aliphatic rings. The van der Waals surface area contributed by atoms with Crippen LogP contribution in [0.4, 0.5) is 0 Å². The smallest absolute Gasteiger partial charge is 0.327 e. The molecule has 0 aromatic heterocycles. The summed E-state index contributed by atoms with van der Waals surface area (Å²) >= 11 is 0. The van der Waals surface area contributed by atoms with Gasteiger partial charge < -0.3 is 16.2 Å². The van der Waals surface area contributed by atoms with Crippen LogP contribution in [0.15, 0.2) is 0 Å². The summed E-state index contributed by atoms with van der Waals surface area (Å²) in [6, 6.07) is -1.43. The molecule has 0 spiro atoms. The third-order valence-corrected chi connectivity index (χ3v) is 3.96. The van der Waals surface area contributed by atoms with Gasteiger partial charge in [0.2, 0.25) is 5.91 Å². The fourth-order valence-corrected chi connectivity index (χ4v) is 3.04. The van der Waals surface area contributed by atoms with E-state index in [2.05, 4.69) is 5.32 Å². The second-order valence-corrected chi connectivity index (χ2v) is 5.13. The number of nitrogens with one attached hydrogen (secondary N) is 1. The molecule has 0 radical (unpaired) electrons. The van der Waals surface area contributed by atoms with Crippen molar-refractivity contribution in [2.45, 2.75) is 12.1 Å². The summed E-state index contributed by atoms with van der Waals surface area (Å²) in [7, 11) is 2.84. The number of aliphatic carboxylic acids is 1. The van der Waals surface area contributed by atoms with Crippen LogP contribution in [0, 0.1) is 0 Å². The number of rotatable bonds is 1. The van der Waals surface area contributed by atoms with Gasteiger partial charge >= 0.3 is 5.97 Å². The second kappa shape index (κ2) is 4.73. The minimum atomic E-state index is -1.02. The van der Waals surface area contributed by atoms with E-state index in [0.29, 0.717) is 11.5 Å². The van der Waals surface area contributed by atoms with Gasteiger partial charge in [0.15, 0.2) is 0 Å². The Hall–Kier alpha value is -0.400. The summed E-state index contributed by atoms with van der Waals surface area (Å²) in [6.07, 6.45) is 0. The van der Waals surface area contributed by atoms with E-state index in [1.807, 2.05) is 0 Å². The number of amides is 1. The van der Waals surface area contributed by atoms with Gasteiger partial charge in [-0.3, -0.25) is 4.79 Å². The molecule has 5 nitrogen and oxygen atoms in total. The lowest BCUT2D eigenvalue weighted by atomic mass is 10.3. The number of carbonyl (C=O) groups is 2. The Morgan fingerprint density at radius 2 is 2.15 bits per heavy atom. The van der Waals surface area contributed by atoms with E-state index in [9.17, 15) is 9.59 Å².